The molecule has 0 aliphatic rings. The Balaban J connectivity index is 2.29. The maximum atomic E-state index is 12.8. The van der Waals surface area contributed by atoms with E-state index >= 15 is 0 Å². The Morgan fingerprint density at radius 2 is 1.91 bits per heavy atom. The molecule has 0 amide bonds. The first-order valence-electron chi connectivity index (χ1n) is 6.47. The van der Waals surface area contributed by atoms with Gasteiger partial charge in [0.25, 0.3) is 0 Å². The van der Waals surface area contributed by atoms with E-state index in [-0.39, 0.29) is 10.3 Å². The first-order valence-corrected chi connectivity index (χ1v) is 7.26. The molecule has 8 heteroatoms. The summed E-state index contributed by atoms with van der Waals surface area (Å²) < 4.78 is 45.6. The molecule has 120 valence electrons. The molecule has 1 heterocycles. The average Bonchev–Trinajstić information content (AvgIpc) is 2.81. The fourth-order valence-electron chi connectivity index (χ4n) is 2.37. The van der Waals surface area contributed by atoms with Crippen LogP contribution in [0.15, 0.2) is 36.4 Å². The molecule has 0 unspecified atom stereocenters. The summed E-state index contributed by atoms with van der Waals surface area (Å²) in [4.78, 5) is 2.79. The van der Waals surface area contributed by atoms with Crippen LogP contribution in [0, 0.1) is 4.77 Å². The van der Waals surface area contributed by atoms with E-state index in [0.717, 1.165) is 12.1 Å². The molecule has 0 spiro atoms. The Hall–Kier alpha value is -1.99. The van der Waals surface area contributed by atoms with E-state index < -0.39 is 11.7 Å². The van der Waals surface area contributed by atoms with Gasteiger partial charge in [0.15, 0.2) is 4.77 Å². The van der Waals surface area contributed by atoms with Crippen molar-refractivity contribution >= 4 is 34.9 Å². The number of hydrogen-bond donors (Lipinski definition) is 1. The highest BCUT2D eigenvalue weighted by Gasteiger charge is 2.31. The lowest BCUT2D eigenvalue weighted by molar-refractivity contribution is -0.137. The third kappa shape index (κ3) is 2.82. The van der Waals surface area contributed by atoms with Crippen LogP contribution in [-0.4, -0.2) is 16.7 Å². The predicted molar refractivity (Wildman–Crippen MR) is 85.0 cm³/mol. The van der Waals surface area contributed by atoms with Crippen molar-refractivity contribution in [2.45, 2.75) is 6.18 Å². The zero-order valence-electron chi connectivity index (χ0n) is 11.7. The third-order valence-electron chi connectivity index (χ3n) is 3.39. The van der Waals surface area contributed by atoms with Gasteiger partial charge in [-0.05, 0) is 48.6 Å². The van der Waals surface area contributed by atoms with E-state index in [9.17, 15) is 13.2 Å². The molecule has 0 fully saturated rings. The summed E-state index contributed by atoms with van der Waals surface area (Å²) in [5.41, 5.74) is 0.595. The molecule has 0 atom stereocenters. The number of H-pyrrole nitrogens is 1. The number of ether oxygens (including phenoxy) is 1. The van der Waals surface area contributed by atoms with Gasteiger partial charge in [-0.1, -0.05) is 11.6 Å². The maximum Gasteiger partial charge on any atom is 0.416 e. The van der Waals surface area contributed by atoms with Crippen molar-refractivity contribution in [1.82, 2.24) is 9.55 Å². The summed E-state index contributed by atoms with van der Waals surface area (Å²) in [6.45, 7) is 0. The van der Waals surface area contributed by atoms with E-state index in [0.29, 0.717) is 22.0 Å². The summed E-state index contributed by atoms with van der Waals surface area (Å²) in [6, 6.07) is 8.37. The van der Waals surface area contributed by atoms with E-state index in [1.165, 1.54) is 13.2 Å². The van der Waals surface area contributed by atoms with Crippen molar-refractivity contribution in [2.24, 2.45) is 0 Å². The Morgan fingerprint density at radius 3 is 2.57 bits per heavy atom. The van der Waals surface area contributed by atoms with Crippen LogP contribution < -0.4 is 4.74 Å². The lowest BCUT2D eigenvalue weighted by Crippen LogP contribution is -2.04. The van der Waals surface area contributed by atoms with Crippen LogP contribution in [0.5, 0.6) is 5.75 Å². The van der Waals surface area contributed by atoms with E-state index in [4.69, 9.17) is 28.6 Å². The van der Waals surface area contributed by atoms with Crippen molar-refractivity contribution in [3.05, 3.63) is 51.8 Å². The minimum Gasteiger partial charge on any atom is -0.495 e. The number of imidazole rings is 1. The number of nitrogens with one attached hydrogen (secondary N) is 1. The summed E-state index contributed by atoms with van der Waals surface area (Å²) in [5.74, 6) is 0.506. The Kier molecular flexibility index (Phi) is 3.85. The first kappa shape index (κ1) is 15.9. The van der Waals surface area contributed by atoms with Crippen molar-refractivity contribution in [1.29, 1.82) is 0 Å². The van der Waals surface area contributed by atoms with Crippen LogP contribution in [0.2, 0.25) is 5.02 Å². The molecule has 0 aliphatic carbocycles. The van der Waals surface area contributed by atoms with Crippen molar-refractivity contribution in [3.63, 3.8) is 0 Å². The molecule has 3 rings (SSSR count). The molecular formula is C15H10ClF3N2OS. The van der Waals surface area contributed by atoms with Crippen LogP contribution in [0.25, 0.3) is 16.7 Å². The molecule has 3 nitrogen and oxygen atoms in total. The number of halogens is 4. The lowest BCUT2D eigenvalue weighted by Gasteiger charge is -2.11. The highest BCUT2D eigenvalue weighted by Crippen LogP contribution is 2.34. The minimum absolute atomic E-state index is 0.250. The molecular weight excluding hydrogens is 349 g/mol. The second kappa shape index (κ2) is 5.58. The zero-order chi connectivity index (χ0) is 16.8. The molecule has 0 saturated heterocycles. The Bertz CT molecular complexity index is 946. The quantitative estimate of drug-likeness (QED) is 0.624. The Labute approximate surface area is 139 Å². The number of hydrogen-bond acceptors (Lipinski definition) is 2. The number of nitrogens with zero attached hydrogens (tertiary/aromatic N) is 1. The van der Waals surface area contributed by atoms with E-state index in [1.807, 2.05) is 0 Å². The first-order chi connectivity index (χ1) is 10.8. The number of rotatable bonds is 2. The van der Waals surface area contributed by atoms with Gasteiger partial charge in [-0.3, -0.25) is 4.57 Å². The van der Waals surface area contributed by atoms with Gasteiger partial charge < -0.3 is 9.72 Å². The fourth-order valence-corrected chi connectivity index (χ4v) is 2.84. The van der Waals surface area contributed by atoms with Gasteiger partial charge in [0, 0.05) is 5.02 Å². The van der Waals surface area contributed by atoms with Crippen LogP contribution in [0.1, 0.15) is 5.56 Å². The summed E-state index contributed by atoms with van der Waals surface area (Å²) >= 11 is 11.3. The summed E-state index contributed by atoms with van der Waals surface area (Å²) in [7, 11) is 1.49. The number of alkyl halides is 3. The van der Waals surface area contributed by atoms with Crippen molar-refractivity contribution in [2.75, 3.05) is 7.11 Å². The molecule has 1 N–H and O–H groups in total. The SMILES string of the molecule is COc1ccc(Cl)cc1-n1c(=S)[nH]c2cc(C(F)(F)F)ccc21. The highest BCUT2D eigenvalue weighted by molar-refractivity contribution is 7.71. The molecule has 3 aromatic rings. The molecule has 2 aromatic carbocycles. The van der Waals surface area contributed by atoms with Crippen molar-refractivity contribution in [3.8, 4) is 11.4 Å². The molecule has 0 saturated carbocycles. The Morgan fingerprint density at radius 1 is 1.17 bits per heavy atom. The summed E-state index contributed by atoms with van der Waals surface area (Å²) in [6.07, 6.45) is -4.42. The van der Waals surface area contributed by atoms with Crippen LogP contribution in [0.3, 0.4) is 0 Å². The second-order valence-corrected chi connectivity index (χ2v) is 5.63. The third-order valence-corrected chi connectivity index (χ3v) is 3.91. The van der Waals surface area contributed by atoms with Gasteiger partial charge in [0.1, 0.15) is 5.75 Å². The monoisotopic (exact) mass is 358 g/mol. The summed E-state index contributed by atoms with van der Waals surface area (Å²) in [5, 5.41) is 0.462. The molecule has 23 heavy (non-hydrogen) atoms. The van der Waals surface area contributed by atoms with E-state index in [2.05, 4.69) is 4.98 Å². The van der Waals surface area contributed by atoms with Gasteiger partial charge in [-0.25, -0.2) is 0 Å². The molecule has 0 aliphatic heterocycles. The smallest absolute Gasteiger partial charge is 0.416 e. The molecule has 0 bridgehead atoms. The van der Waals surface area contributed by atoms with Crippen molar-refractivity contribution < 1.29 is 17.9 Å². The normalized spacial score (nSPS) is 11.9. The molecule has 1 aromatic heterocycles. The zero-order valence-corrected chi connectivity index (χ0v) is 13.3. The number of aromatic nitrogens is 2. The maximum absolute atomic E-state index is 12.8. The van der Waals surface area contributed by atoms with E-state index in [1.54, 1.807) is 22.8 Å². The highest BCUT2D eigenvalue weighted by atomic mass is 35.5. The standard InChI is InChI=1S/C15H10ClF3N2OS/c1-22-13-5-3-9(16)7-12(13)21-11-4-2-8(15(17,18)19)6-10(11)20-14(21)23/h2-7H,1H3,(H,20,23). The van der Waals surface area contributed by atoms with Crippen LogP contribution in [0.4, 0.5) is 13.2 Å². The van der Waals surface area contributed by atoms with Gasteiger partial charge in [-0.2, -0.15) is 13.2 Å². The second-order valence-electron chi connectivity index (χ2n) is 4.81. The number of methoxy groups -OCH3 is 1. The topological polar surface area (TPSA) is 29.9 Å². The largest absolute Gasteiger partial charge is 0.495 e. The van der Waals surface area contributed by atoms with Gasteiger partial charge in [-0.15, -0.1) is 0 Å². The lowest BCUT2D eigenvalue weighted by atomic mass is 10.2. The number of fused-ring (bicyclic) bond motifs is 1. The molecule has 0 radical (unpaired) electrons. The van der Waals surface area contributed by atoms with Crippen LogP contribution in [-0.2, 0) is 6.18 Å². The number of aromatic amines is 1. The number of benzene rings is 2. The van der Waals surface area contributed by atoms with Gasteiger partial charge in [0.2, 0.25) is 0 Å². The minimum atomic E-state index is -4.42. The van der Waals surface area contributed by atoms with Gasteiger partial charge >= 0.3 is 6.18 Å². The fraction of sp³-hybridized carbons (Fsp3) is 0.133. The van der Waals surface area contributed by atoms with Crippen LogP contribution >= 0.6 is 23.8 Å². The average molecular weight is 359 g/mol. The van der Waals surface area contributed by atoms with Gasteiger partial charge in [0.05, 0.1) is 29.4 Å². The predicted octanol–water partition coefficient (Wildman–Crippen LogP) is 5.37.